The third-order valence-corrected chi connectivity index (χ3v) is 1.83. The fourth-order valence-corrected chi connectivity index (χ4v) is 0.662. The van der Waals surface area contributed by atoms with E-state index < -0.39 is 0 Å². The molecule has 0 fully saturated rings. The standard InChI is InChI=1S/C9H17N3O/c1-5-9(3,4)11-6-7(2)8(10)12-13/h1,7,11,13H,6H2,2-4H3,(H2,10,12). The van der Waals surface area contributed by atoms with E-state index in [0.29, 0.717) is 6.54 Å². The van der Waals surface area contributed by atoms with Crippen LogP contribution in [0.25, 0.3) is 0 Å². The number of hydrogen-bond donors (Lipinski definition) is 3. The van der Waals surface area contributed by atoms with Crippen LogP contribution in [0, 0.1) is 18.3 Å². The molecule has 0 saturated heterocycles. The van der Waals surface area contributed by atoms with Gasteiger partial charge in [-0.1, -0.05) is 18.0 Å². The lowest BCUT2D eigenvalue weighted by molar-refractivity contribution is 0.313. The van der Waals surface area contributed by atoms with Crippen molar-refractivity contribution in [2.75, 3.05) is 6.54 Å². The van der Waals surface area contributed by atoms with E-state index in [9.17, 15) is 0 Å². The van der Waals surface area contributed by atoms with Gasteiger partial charge in [0.25, 0.3) is 0 Å². The van der Waals surface area contributed by atoms with E-state index in [2.05, 4.69) is 16.4 Å². The zero-order valence-corrected chi connectivity index (χ0v) is 8.33. The fourth-order valence-electron chi connectivity index (χ4n) is 0.662. The Kier molecular flexibility index (Phi) is 4.29. The first-order chi connectivity index (χ1) is 5.93. The molecular weight excluding hydrogens is 166 g/mol. The molecule has 0 aromatic carbocycles. The van der Waals surface area contributed by atoms with Gasteiger partial charge in [0.05, 0.1) is 5.54 Å². The van der Waals surface area contributed by atoms with E-state index in [1.807, 2.05) is 20.8 Å². The molecule has 0 spiro atoms. The maximum Gasteiger partial charge on any atom is 0.143 e. The van der Waals surface area contributed by atoms with Crippen molar-refractivity contribution in [3.05, 3.63) is 0 Å². The molecule has 0 aliphatic heterocycles. The third-order valence-electron chi connectivity index (χ3n) is 1.83. The Hall–Kier alpha value is -1.21. The number of nitrogens with two attached hydrogens (primary N) is 1. The first-order valence-electron chi connectivity index (χ1n) is 4.13. The van der Waals surface area contributed by atoms with Gasteiger partial charge >= 0.3 is 0 Å². The number of nitrogens with one attached hydrogen (secondary N) is 1. The summed E-state index contributed by atoms with van der Waals surface area (Å²) in [6, 6.07) is 0. The molecule has 0 radical (unpaired) electrons. The zero-order chi connectivity index (χ0) is 10.5. The molecule has 0 amide bonds. The van der Waals surface area contributed by atoms with Crippen molar-refractivity contribution in [2.45, 2.75) is 26.3 Å². The summed E-state index contributed by atoms with van der Waals surface area (Å²) in [6.07, 6.45) is 5.28. The lowest BCUT2D eigenvalue weighted by Crippen LogP contribution is -2.42. The molecule has 74 valence electrons. The van der Waals surface area contributed by atoms with Crippen molar-refractivity contribution in [3.63, 3.8) is 0 Å². The Labute approximate surface area is 79.2 Å². The Balaban J connectivity index is 3.99. The van der Waals surface area contributed by atoms with Crippen molar-refractivity contribution >= 4 is 5.84 Å². The maximum atomic E-state index is 8.39. The second kappa shape index (κ2) is 4.73. The molecule has 4 nitrogen and oxygen atoms in total. The summed E-state index contributed by atoms with van der Waals surface area (Å²) in [6.45, 7) is 6.24. The molecule has 0 aliphatic rings. The smallest absolute Gasteiger partial charge is 0.143 e. The van der Waals surface area contributed by atoms with Crippen LogP contribution in [0.3, 0.4) is 0 Å². The second-order valence-corrected chi connectivity index (χ2v) is 3.58. The number of nitrogens with zero attached hydrogens (tertiary/aromatic N) is 1. The van der Waals surface area contributed by atoms with Crippen LogP contribution in [0.5, 0.6) is 0 Å². The lowest BCUT2D eigenvalue weighted by atomic mass is 10.1. The Morgan fingerprint density at radius 1 is 1.77 bits per heavy atom. The van der Waals surface area contributed by atoms with E-state index in [0.717, 1.165) is 0 Å². The maximum absolute atomic E-state index is 8.39. The molecule has 13 heavy (non-hydrogen) atoms. The van der Waals surface area contributed by atoms with E-state index in [-0.39, 0.29) is 17.3 Å². The predicted octanol–water partition coefficient (Wildman–Crippen LogP) is 0.370. The van der Waals surface area contributed by atoms with Crippen LogP contribution in [-0.4, -0.2) is 23.1 Å². The predicted molar refractivity (Wildman–Crippen MR) is 53.5 cm³/mol. The number of terminal acetylenes is 1. The lowest BCUT2D eigenvalue weighted by Gasteiger charge is -2.21. The minimum absolute atomic E-state index is 0.0300. The molecule has 0 aliphatic carbocycles. The molecule has 4 heteroatoms. The molecule has 0 bridgehead atoms. The van der Waals surface area contributed by atoms with E-state index in [1.54, 1.807) is 0 Å². The quantitative estimate of drug-likeness (QED) is 0.194. The van der Waals surface area contributed by atoms with Crippen molar-refractivity contribution in [3.8, 4) is 12.3 Å². The van der Waals surface area contributed by atoms with E-state index in [4.69, 9.17) is 17.4 Å². The summed E-state index contributed by atoms with van der Waals surface area (Å²) in [7, 11) is 0. The average molecular weight is 183 g/mol. The normalized spacial score (nSPS) is 15.1. The van der Waals surface area contributed by atoms with E-state index >= 15 is 0 Å². The SMILES string of the molecule is C#CC(C)(C)NCC(C)C(N)=NO. The van der Waals surface area contributed by atoms with Crippen molar-refractivity contribution < 1.29 is 5.21 Å². The Morgan fingerprint density at radius 2 is 2.31 bits per heavy atom. The van der Waals surface area contributed by atoms with Gasteiger partial charge in [0.1, 0.15) is 5.84 Å². The van der Waals surface area contributed by atoms with Crippen LogP contribution in [0.4, 0.5) is 0 Å². The summed E-state index contributed by atoms with van der Waals surface area (Å²) < 4.78 is 0. The van der Waals surface area contributed by atoms with Crippen molar-refractivity contribution in [1.82, 2.24) is 5.32 Å². The highest BCUT2D eigenvalue weighted by Crippen LogP contribution is 2.01. The summed E-state index contributed by atoms with van der Waals surface area (Å²) in [5, 5.41) is 14.4. The number of oxime groups is 1. The summed E-state index contributed by atoms with van der Waals surface area (Å²) in [4.78, 5) is 0. The number of hydrogen-bond acceptors (Lipinski definition) is 3. The van der Waals surface area contributed by atoms with Crippen LogP contribution >= 0.6 is 0 Å². The Morgan fingerprint density at radius 3 is 2.69 bits per heavy atom. The molecule has 0 aromatic rings. The largest absolute Gasteiger partial charge is 0.409 e. The molecule has 0 saturated carbocycles. The van der Waals surface area contributed by atoms with Gasteiger partial charge in [-0.15, -0.1) is 6.42 Å². The van der Waals surface area contributed by atoms with Gasteiger partial charge in [0, 0.05) is 12.5 Å². The number of amidine groups is 1. The summed E-state index contributed by atoms with van der Waals surface area (Å²) >= 11 is 0. The fraction of sp³-hybridized carbons (Fsp3) is 0.667. The average Bonchev–Trinajstić information content (AvgIpc) is 2.13. The van der Waals surface area contributed by atoms with Crippen LogP contribution < -0.4 is 11.1 Å². The highest BCUT2D eigenvalue weighted by Gasteiger charge is 2.15. The first-order valence-corrected chi connectivity index (χ1v) is 4.13. The molecular formula is C9H17N3O. The minimum atomic E-state index is -0.357. The van der Waals surface area contributed by atoms with Crippen molar-refractivity contribution in [1.29, 1.82) is 0 Å². The van der Waals surface area contributed by atoms with Crippen LogP contribution in [0.2, 0.25) is 0 Å². The first kappa shape index (κ1) is 11.8. The van der Waals surface area contributed by atoms with Gasteiger partial charge in [-0.2, -0.15) is 0 Å². The van der Waals surface area contributed by atoms with E-state index in [1.165, 1.54) is 0 Å². The third kappa shape index (κ3) is 4.38. The van der Waals surface area contributed by atoms with Gasteiger partial charge in [-0.25, -0.2) is 0 Å². The van der Waals surface area contributed by atoms with Gasteiger partial charge < -0.3 is 16.3 Å². The van der Waals surface area contributed by atoms with Gasteiger partial charge in [0.15, 0.2) is 0 Å². The molecule has 4 N–H and O–H groups in total. The van der Waals surface area contributed by atoms with Gasteiger partial charge in [-0.05, 0) is 13.8 Å². The van der Waals surface area contributed by atoms with Gasteiger partial charge in [-0.3, -0.25) is 0 Å². The van der Waals surface area contributed by atoms with Crippen LogP contribution in [0.1, 0.15) is 20.8 Å². The molecule has 0 rings (SSSR count). The van der Waals surface area contributed by atoms with Crippen LogP contribution in [-0.2, 0) is 0 Å². The Bertz CT molecular complexity index is 228. The molecule has 1 atom stereocenters. The topological polar surface area (TPSA) is 70.6 Å². The summed E-state index contributed by atoms with van der Waals surface area (Å²) in [5.41, 5.74) is 5.04. The monoisotopic (exact) mass is 183 g/mol. The highest BCUT2D eigenvalue weighted by atomic mass is 16.4. The molecule has 0 heterocycles. The molecule has 0 aromatic heterocycles. The zero-order valence-electron chi connectivity index (χ0n) is 8.33. The number of rotatable bonds is 4. The highest BCUT2D eigenvalue weighted by molar-refractivity contribution is 5.82. The molecule has 1 unspecified atom stereocenters. The summed E-state index contributed by atoms with van der Waals surface area (Å²) in [5.74, 6) is 2.78. The second-order valence-electron chi connectivity index (χ2n) is 3.58. The van der Waals surface area contributed by atoms with Crippen molar-refractivity contribution in [2.24, 2.45) is 16.8 Å². The van der Waals surface area contributed by atoms with Gasteiger partial charge in [0.2, 0.25) is 0 Å². The minimum Gasteiger partial charge on any atom is -0.409 e. The van der Waals surface area contributed by atoms with Crippen LogP contribution in [0.15, 0.2) is 5.16 Å².